The Morgan fingerprint density at radius 1 is 1.25 bits per heavy atom. The first kappa shape index (κ1) is 13.2. The van der Waals surface area contributed by atoms with Crippen molar-refractivity contribution in [2.75, 3.05) is 20.3 Å². The molecule has 0 aliphatic carbocycles. The fourth-order valence-corrected chi connectivity index (χ4v) is 1.84. The molecule has 0 saturated carbocycles. The number of hydrogen-bond acceptors (Lipinski definition) is 2. The Hall–Kier alpha value is -0.860. The molecule has 0 fully saturated rings. The van der Waals surface area contributed by atoms with Gasteiger partial charge in [-0.15, -0.1) is 0 Å². The molecule has 0 spiro atoms. The van der Waals surface area contributed by atoms with E-state index in [1.54, 1.807) is 7.11 Å². The Balaban J connectivity index is 2.86. The van der Waals surface area contributed by atoms with Gasteiger partial charge in [0.05, 0.1) is 6.61 Å². The average Bonchev–Trinajstić information content (AvgIpc) is 2.28. The van der Waals surface area contributed by atoms with Crippen LogP contribution in [-0.4, -0.2) is 20.3 Å². The summed E-state index contributed by atoms with van der Waals surface area (Å²) in [5, 5.41) is 0. The van der Waals surface area contributed by atoms with Gasteiger partial charge >= 0.3 is 0 Å². The smallest absolute Gasteiger partial charge is 0.0553 e. The van der Waals surface area contributed by atoms with E-state index in [1.807, 2.05) is 0 Å². The highest BCUT2D eigenvalue weighted by molar-refractivity contribution is 5.30. The lowest BCUT2D eigenvalue weighted by Gasteiger charge is -2.24. The Labute approximate surface area is 98.8 Å². The monoisotopic (exact) mass is 221 g/mol. The van der Waals surface area contributed by atoms with Crippen molar-refractivity contribution >= 4 is 0 Å². The molecule has 1 atom stereocenters. The zero-order valence-corrected chi connectivity index (χ0v) is 10.8. The quantitative estimate of drug-likeness (QED) is 0.829. The fourth-order valence-electron chi connectivity index (χ4n) is 1.84. The first-order chi connectivity index (χ1) is 7.51. The van der Waals surface area contributed by atoms with Gasteiger partial charge in [-0.3, -0.25) is 0 Å². The van der Waals surface area contributed by atoms with E-state index in [0.717, 1.165) is 6.61 Å². The van der Waals surface area contributed by atoms with E-state index in [-0.39, 0.29) is 5.41 Å². The second-order valence-corrected chi connectivity index (χ2v) is 5.08. The molecule has 0 saturated heterocycles. The van der Waals surface area contributed by atoms with Crippen LogP contribution in [0, 0.1) is 0 Å². The average molecular weight is 221 g/mol. The van der Waals surface area contributed by atoms with Crippen LogP contribution >= 0.6 is 0 Å². The molecule has 0 aromatic heterocycles. The molecule has 0 aliphatic rings. The van der Waals surface area contributed by atoms with Gasteiger partial charge < -0.3 is 10.5 Å². The highest BCUT2D eigenvalue weighted by Crippen LogP contribution is 2.25. The predicted molar refractivity (Wildman–Crippen MR) is 68.8 cm³/mol. The normalized spacial score (nSPS) is 13.8. The van der Waals surface area contributed by atoms with Crippen LogP contribution in [0.5, 0.6) is 0 Å². The first-order valence-electron chi connectivity index (χ1n) is 5.80. The van der Waals surface area contributed by atoms with Crippen molar-refractivity contribution in [1.82, 2.24) is 0 Å². The van der Waals surface area contributed by atoms with Gasteiger partial charge in [-0.2, -0.15) is 0 Å². The standard InChI is InChI=1S/C14H23NO/c1-11(9-15)12-5-7-13(8-6-12)14(2,3)10-16-4/h5-8,11H,9-10,15H2,1-4H3. The van der Waals surface area contributed by atoms with E-state index < -0.39 is 0 Å². The Kier molecular flexibility index (Phi) is 4.51. The minimum Gasteiger partial charge on any atom is -0.384 e. The molecule has 2 heteroatoms. The lowest BCUT2D eigenvalue weighted by atomic mass is 9.84. The molecule has 0 amide bonds. The van der Waals surface area contributed by atoms with Crippen LogP contribution in [0.15, 0.2) is 24.3 Å². The molecular weight excluding hydrogens is 198 g/mol. The van der Waals surface area contributed by atoms with Crippen LogP contribution in [0.3, 0.4) is 0 Å². The minimum atomic E-state index is 0.0687. The van der Waals surface area contributed by atoms with E-state index in [9.17, 15) is 0 Å². The maximum Gasteiger partial charge on any atom is 0.0553 e. The maximum atomic E-state index is 5.66. The summed E-state index contributed by atoms with van der Waals surface area (Å²) in [6.45, 7) is 7.96. The van der Waals surface area contributed by atoms with E-state index in [4.69, 9.17) is 10.5 Å². The highest BCUT2D eigenvalue weighted by Gasteiger charge is 2.20. The maximum absolute atomic E-state index is 5.66. The fraction of sp³-hybridized carbons (Fsp3) is 0.571. The van der Waals surface area contributed by atoms with Gasteiger partial charge in [-0.1, -0.05) is 45.0 Å². The van der Waals surface area contributed by atoms with Crippen molar-refractivity contribution in [1.29, 1.82) is 0 Å². The third-order valence-electron chi connectivity index (χ3n) is 3.12. The zero-order chi connectivity index (χ0) is 12.2. The van der Waals surface area contributed by atoms with E-state index in [1.165, 1.54) is 11.1 Å². The van der Waals surface area contributed by atoms with Crippen molar-refractivity contribution in [2.24, 2.45) is 5.73 Å². The van der Waals surface area contributed by atoms with Gasteiger partial charge in [0, 0.05) is 12.5 Å². The van der Waals surface area contributed by atoms with E-state index in [2.05, 4.69) is 45.0 Å². The largest absolute Gasteiger partial charge is 0.384 e. The number of benzene rings is 1. The number of rotatable bonds is 5. The highest BCUT2D eigenvalue weighted by atomic mass is 16.5. The summed E-state index contributed by atoms with van der Waals surface area (Å²) in [5.74, 6) is 0.430. The molecule has 0 bridgehead atoms. The van der Waals surface area contributed by atoms with Gasteiger partial charge in [0.1, 0.15) is 0 Å². The molecule has 1 aromatic rings. The molecule has 0 aliphatic heterocycles. The molecule has 1 aromatic carbocycles. The van der Waals surface area contributed by atoms with Crippen molar-refractivity contribution in [3.05, 3.63) is 35.4 Å². The molecule has 1 unspecified atom stereocenters. The molecule has 16 heavy (non-hydrogen) atoms. The van der Waals surface area contributed by atoms with Crippen LogP contribution in [0.1, 0.15) is 37.8 Å². The second-order valence-electron chi connectivity index (χ2n) is 5.08. The molecular formula is C14H23NO. The van der Waals surface area contributed by atoms with E-state index in [0.29, 0.717) is 12.5 Å². The molecule has 2 N–H and O–H groups in total. The minimum absolute atomic E-state index is 0.0687. The molecule has 1 rings (SSSR count). The molecule has 0 radical (unpaired) electrons. The van der Waals surface area contributed by atoms with E-state index >= 15 is 0 Å². The summed E-state index contributed by atoms with van der Waals surface area (Å²) in [6, 6.07) is 8.70. The van der Waals surface area contributed by atoms with Crippen LogP contribution in [0.2, 0.25) is 0 Å². The summed E-state index contributed by atoms with van der Waals surface area (Å²) < 4.78 is 5.24. The van der Waals surface area contributed by atoms with Crippen molar-refractivity contribution in [3.8, 4) is 0 Å². The summed E-state index contributed by atoms with van der Waals surface area (Å²) in [4.78, 5) is 0. The van der Waals surface area contributed by atoms with Crippen LogP contribution in [0.4, 0.5) is 0 Å². The first-order valence-corrected chi connectivity index (χ1v) is 5.80. The Morgan fingerprint density at radius 3 is 2.25 bits per heavy atom. The van der Waals surface area contributed by atoms with Gasteiger partial charge in [0.25, 0.3) is 0 Å². The second kappa shape index (κ2) is 5.46. The van der Waals surface area contributed by atoms with Crippen molar-refractivity contribution in [3.63, 3.8) is 0 Å². The van der Waals surface area contributed by atoms with Crippen molar-refractivity contribution < 1.29 is 4.74 Å². The Bertz CT molecular complexity index is 316. The number of ether oxygens (including phenoxy) is 1. The summed E-state index contributed by atoms with van der Waals surface area (Å²) in [6.07, 6.45) is 0. The lowest BCUT2D eigenvalue weighted by Crippen LogP contribution is -2.23. The SMILES string of the molecule is COCC(C)(C)c1ccc(C(C)CN)cc1. The van der Waals surface area contributed by atoms with Crippen LogP contribution < -0.4 is 5.73 Å². The van der Waals surface area contributed by atoms with Gasteiger partial charge in [0.15, 0.2) is 0 Å². The van der Waals surface area contributed by atoms with Crippen molar-refractivity contribution in [2.45, 2.75) is 32.1 Å². The number of nitrogens with two attached hydrogens (primary N) is 1. The third kappa shape index (κ3) is 3.06. The third-order valence-corrected chi connectivity index (χ3v) is 3.12. The molecule has 90 valence electrons. The number of methoxy groups -OCH3 is 1. The Morgan fingerprint density at radius 2 is 1.81 bits per heavy atom. The van der Waals surface area contributed by atoms with Gasteiger partial charge in [0.2, 0.25) is 0 Å². The summed E-state index contributed by atoms with van der Waals surface area (Å²) in [5.41, 5.74) is 8.34. The van der Waals surface area contributed by atoms with Gasteiger partial charge in [-0.25, -0.2) is 0 Å². The van der Waals surface area contributed by atoms with Crippen LogP contribution in [0.25, 0.3) is 0 Å². The van der Waals surface area contributed by atoms with Crippen LogP contribution in [-0.2, 0) is 10.2 Å². The zero-order valence-electron chi connectivity index (χ0n) is 10.8. The number of hydrogen-bond donors (Lipinski definition) is 1. The topological polar surface area (TPSA) is 35.2 Å². The van der Waals surface area contributed by atoms with Gasteiger partial charge in [-0.05, 0) is 23.6 Å². The lowest BCUT2D eigenvalue weighted by molar-refractivity contribution is 0.146. The molecule has 0 heterocycles. The summed E-state index contributed by atoms with van der Waals surface area (Å²) in [7, 11) is 1.74. The predicted octanol–water partition coefficient (Wildman–Crippen LogP) is 2.67. The molecule has 2 nitrogen and oxygen atoms in total. The summed E-state index contributed by atoms with van der Waals surface area (Å²) >= 11 is 0.